The van der Waals surface area contributed by atoms with Crippen LogP contribution < -0.4 is 5.32 Å². The minimum Gasteiger partial charge on any atom is -0.373 e. The van der Waals surface area contributed by atoms with Gasteiger partial charge >= 0.3 is 6.03 Å². The Balaban J connectivity index is 1.53. The van der Waals surface area contributed by atoms with Crippen molar-refractivity contribution in [1.29, 1.82) is 0 Å². The maximum Gasteiger partial charge on any atom is 0.321 e. The molecule has 8 heteroatoms. The van der Waals surface area contributed by atoms with E-state index in [1.54, 1.807) is 12.1 Å². The number of hydrogen-bond acceptors (Lipinski definition) is 5. The molecule has 1 aromatic rings. The summed E-state index contributed by atoms with van der Waals surface area (Å²) in [7, 11) is -3.31. The Hall–Kier alpha value is -1.64. The number of urea groups is 1. The summed E-state index contributed by atoms with van der Waals surface area (Å²) in [6, 6.07) is 4.67. The van der Waals surface area contributed by atoms with Gasteiger partial charge in [0.05, 0.1) is 17.1 Å². The van der Waals surface area contributed by atoms with E-state index < -0.39 is 9.84 Å². The zero-order valence-corrected chi connectivity index (χ0v) is 18.7. The van der Waals surface area contributed by atoms with Gasteiger partial charge in [0.1, 0.15) is 0 Å². The van der Waals surface area contributed by atoms with E-state index in [2.05, 4.69) is 24.1 Å². The van der Waals surface area contributed by atoms with Crippen LogP contribution in [0.15, 0.2) is 23.1 Å². The van der Waals surface area contributed by atoms with E-state index >= 15 is 0 Å². The molecule has 7 nitrogen and oxygen atoms in total. The third-order valence-corrected chi connectivity index (χ3v) is 6.90. The van der Waals surface area contributed by atoms with Crippen LogP contribution >= 0.6 is 0 Å². The summed E-state index contributed by atoms with van der Waals surface area (Å²) in [6.45, 7) is 10.5. The molecule has 1 aromatic carbocycles. The zero-order valence-electron chi connectivity index (χ0n) is 17.8. The van der Waals surface area contributed by atoms with Gasteiger partial charge in [-0.15, -0.1) is 0 Å². The van der Waals surface area contributed by atoms with Crippen LogP contribution in [-0.2, 0) is 14.6 Å². The topological polar surface area (TPSA) is 79.0 Å². The highest BCUT2D eigenvalue weighted by atomic mass is 32.2. The molecule has 0 saturated carbocycles. The molecule has 0 aliphatic carbocycles. The van der Waals surface area contributed by atoms with Gasteiger partial charge in [-0.3, -0.25) is 4.90 Å². The fraction of sp³-hybridized carbons (Fsp3) is 0.667. The molecule has 2 saturated heterocycles. The predicted octanol–water partition coefficient (Wildman–Crippen LogP) is 2.75. The number of rotatable bonds is 4. The molecule has 0 radical (unpaired) electrons. The summed E-state index contributed by atoms with van der Waals surface area (Å²) < 4.78 is 29.4. The van der Waals surface area contributed by atoms with Crippen LogP contribution in [0.1, 0.15) is 32.3 Å². The van der Waals surface area contributed by atoms with Crippen LogP contribution in [0.3, 0.4) is 0 Å². The van der Waals surface area contributed by atoms with Gasteiger partial charge in [0.25, 0.3) is 0 Å². The normalized spacial score (nSPS) is 24.5. The number of amides is 2. The van der Waals surface area contributed by atoms with Crippen LogP contribution in [0.2, 0.25) is 0 Å². The summed E-state index contributed by atoms with van der Waals surface area (Å²) in [4.78, 5) is 17.2. The van der Waals surface area contributed by atoms with Crippen molar-refractivity contribution in [2.75, 3.05) is 44.3 Å². The summed E-state index contributed by atoms with van der Waals surface area (Å²) >= 11 is 0. The average Bonchev–Trinajstić information content (AvgIpc) is 2.62. The third-order valence-electron chi connectivity index (χ3n) is 5.79. The lowest BCUT2D eigenvalue weighted by Gasteiger charge is -2.39. The second kappa shape index (κ2) is 9.02. The van der Waals surface area contributed by atoms with Crippen molar-refractivity contribution in [2.45, 2.75) is 50.7 Å². The number of carbonyl (C=O) groups is 1. The summed E-state index contributed by atoms with van der Waals surface area (Å²) in [5.74, 6) is 0.590. The van der Waals surface area contributed by atoms with E-state index in [1.807, 2.05) is 11.8 Å². The van der Waals surface area contributed by atoms with Crippen molar-refractivity contribution in [3.8, 4) is 0 Å². The van der Waals surface area contributed by atoms with E-state index in [9.17, 15) is 13.2 Å². The molecule has 0 aromatic heterocycles. The van der Waals surface area contributed by atoms with Gasteiger partial charge in [0.15, 0.2) is 9.84 Å². The van der Waals surface area contributed by atoms with E-state index in [-0.39, 0.29) is 23.1 Å². The van der Waals surface area contributed by atoms with E-state index in [4.69, 9.17) is 4.74 Å². The molecule has 2 aliphatic heterocycles. The van der Waals surface area contributed by atoms with Crippen molar-refractivity contribution in [1.82, 2.24) is 9.80 Å². The van der Waals surface area contributed by atoms with Crippen LogP contribution in [-0.4, -0.2) is 75.4 Å². The second-order valence-corrected chi connectivity index (χ2v) is 10.6. The van der Waals surface area contributed by atoms with Gasteiger partial charge in [0.2, 0.25) is 0 Å². The Morgan fingerprint density at radius 2 is 1.79 bits per heavy atom. The van der Waals surface area contributed by atoms with Crippen LogP contribution in [0.5, 0.6) is 0 Å². The molecule has 2 unspecified atom stereocenters. The maximum absolute atomic E-state index is 12.7. The lowest BCUT2D eigenvalue weighted by molar-refractivity contribution is -0.0728. The van der Waals surface area contributed by atoms with Gasteiger partial charge in [-0.2, -0.15) is 0 Å². The molecule has 162 valence electrons. The quantitative estimate of drug-likeness (QED) is 0.806. The first kappa shape index (κ1) is 22.1. The number of hydrogen-bond donors (Lipinski definition) is 1. The second-order valence-electron chi connectivity index (χ2n) is 8.59. The SMILES string of the molecule is Cc1ccc(S(C)(=O)=O)cc1NC(=O)N1CCC(CN2CC(C)OC(C)C2)CC1. The van der Waals surface area contributed by atoms with Crippen LogP contribution in [0.25, 0.3) is 0 Å². The number of ether oxygens (including phenoxy) is 1. The van der Waals surface area contributed by atoms with Crippen molar-refractivity contribution < 1.29 is 17.9 Å². The third kappa shape index (κ3) is 5.93. The standard InChI is InChI=1S/C21H33N3O4S/c1-15-5-6-19(29(4,26)27)11-20(15)22-21(25)24-9-7-18(8-10-24)14-23-12-16(2)28-17(3)13-23/h5-6,11,16-18H,7-10,12-14H2,1-4H3,(H,22,25). The van der Waals surface area contributed by atoms with Crippen molar-refractivity contribution in [2.24, 2.45) is 5.92 Å². The highest BCUT2D eigenvalue weighted by molar-refractivity contribution is 7.90. The predicted molar refractivity (Wildman–Crippen MR) is 114 cm³/mol. The Labute approximate surface area is 174 Å². The fourth-order valence-corrected chi connectivity index (χ4v) is 4.93. The van der Waals surface area contributed by atoms with Gasteiger partial charge in [-0.25, -0.2) is 13.2 Å². The van der Waals surface area contributed by atoms with Crippen LogP contribution in [0, 0.1) is 12.8 Å². The molecule has 0 spiro atoms. The Morgan fingerprint density at radius 1 is 1.17 bits per heavy atom. The highest BCUT2D eigenvalue weighted by Gasteiger charge is 2.28. The molecular formula is C21H33N3O4S. The number of nitrogens with one attached hydrogen (secondary N) is 1. The number of aryl methyl sites for hydroxylation is 1. The Bertz CT molecular complexity index is 824. The lowest BCUT2D eigenvalue weighted by Crippen LogP contribution is -2.49. The molecule has 2 atom stereocenters. The van der Waals surface area contributed by atoms with Crippen molar-refractivity contribution >= 4 is 21.6 Å². The van der Waals surface area contributed by atoms with Crippen molar-refractivity contribution in [3.05, 3.63) is 23.8 Å². The van der Waals surface area contributed by atoms with Gasteiger partial charge in [-0.05, 0) is 57.2 Å². The number of anilines is 1. The van der Waals surface area contributed by atoms with Gasteiger partial charge in [-0.1, -0.05) is 6.07 Å². The molecule has 29 heavy (non-hydrogen) atoms. The van der Waals surface area contributed by atoms with E-state index in [0.29, 0.717) is 11.6 Å². The minimum atomic E-state index is -3.31. The molecule has 1 N–H and O–H groups in total. The molecule has 0 bridgehead atoms. The minimum absolute atomic E-state index is 0.161. The fourth-order valence-electron chi connectivity index (χ4n) is 4.28. The number of likely N-dealkylation sites (tertiary alicyclic amines) is 1. The van der Waals surface area contributed by atoms with E-state index in [1.165, 1.54) is 12.3 Å². The Morgan fingerprint density at radius 3 is 2.38 bits per heavy atom. The molecule has 3 rings (SSSR count). The highest BCUT2D eigenvalue weighted by Crippen LogP contribution is 2.24. The first-order valence-corrected chi connectivity index (χ1v) is 12.3. The van der Waals surface area contributed by atoms with Crippen molar-refractivity contribution in [3.63, 3.8) is 0 Å². The molecule has 2 fully saturated rings. The van der Waals surface area contributed by atoms with Gasteiger partial charge < -0.3 is 15.0 Å². The smallest absolute Gasteiger partial charge is 0.321 e. The number of nitrogens with zero attached hydrogens (tertiary/aromatic N) is 2. The summed E-state index contributed by atoms with van der Waals surface area (Å²) in [6.07, 6.45) is 3.68. The number of carbonyl (C=O) groups excluding carboxylic acids is 1. The van der Waals surface area contributed by atoms with Gasteiger partial charge in [0, 0.05) is 44.7 Å². The first-order valence-electron chi connectivity index (χ1n) is 10.4. The molecule has 2 heterocycles. The summed E-state index contributed by atoms with van der Waals surface area (Å²) in [5, 5.41) is 2.90. The first-order chi connectivity index (χ1) is 13.6. The lowest BCUT2D eigenvalue weighted by atomic mass is 9.96. The number of piperidine rings is 1. The monoisotopic (exact) mass is 423 g/mol. The molecule has 2 amide bonds. The molecular weight excluding hydrogens is 390 g/mol. The molecule has 2 aliphatic rings. The maximum atomic E-state index is 12.7. The zero-order chi connectivity index (χ0) is 21.2. The van der Waals surface area contributed by atoms with E-state index in [0.717, 1.165) is 51.1 Å². The summed E-state index contributed by atoms with van der Waals surface area (Å²) in [5.41, 5.74) is 1.40. The Kier molecular flexibility index (Phi) is 6.86. The number of sulfone groups is 1. The largest absolute Gasteiger partial charge is 0.373 e. The number of morpholine rings is 1. The number of benzene rings is 1. The average molecular weight is 424 g/mol. The van der Waals surface area contributed by atoms with Crippen LogP contribution in [0.4, 0.5) is 10.5 Å².